The molecule has 2 aromatic rings. The fraction of sp³-hybridized carbons (Fsp3) is 0.259. The van der Waals surface area contributed by atoms with Crippen molar-refractivity contribution in [2.24, 2.45) is 5.92 Å². The molecule has 0 saturated heterocycles. The van der Waals surface area contributed by atoms with Crippen molar-refractivity contribution in [3.63, 3.8) is 0 Å². The van der Waals surface area contributed by atoms with Gasteiger partial charge in [0.05, 0.1) is 7.11 Å². The highest BCUT2D eigenvalue weighted by Gasteiger charge is 2.32. The zero-order valence-electron chi connectivity index (χ0n) is 17.5. The van der Waals surface area contributed by atoms with Gasteiger partial charge in [-0.25, -0.2) is 13.2 Å². The van der Waals surface area contributed by atoms with Crippen LogP contribution in [0.3, 0.4) is 0 Å². The number of hydrogen-bond acceptors (Lipinski definition) is 1. The first-order valence-electron chi connectivity index (χ1n) is 10.5. The van der Waals surface area contributed by atoms with E-state index in [1.165, 1.54) is 25.3 Å². The Morgan fingerprint density at radius 2 is 1.68 bits per heavy atom. The van der Waals surface area contributed by atoms with Crippen LogP contribution in [0.15, 0.2) is 79.1 Å². The Balaban J connectivity index is 1.56. The molecule has 1 nitrogen and oxygen atoms in total. The predicted octanol–water partition coefficient (Wildman–Crippen LogP) is 7.47. The molecule has 0 fully saturated rings. The van der Waals surface area contributed by atoms with Crippen molar-refractivity contribution < 1.29 is 17.9 Å². The molecule has 0 radical (unpaired) electrons. The molecule has 0 aromatic heterocycles. The molecule has 0 bridgehead atoms. The van der Waals surface area contributed by atoms with Gasteiger partial charge < -0.3 is 4.74 Å². The molecule has 2 aromatic carbocycles. The monoisotopic (exact) mass is 422 g/mol. The summed E-state index contributed by atoms with van der Waals surface area (Å²) in [6.07, 6.45) is 6.19. The van der Waals surface area contributed by atoms with Crippen molar-refractivity contribution in [3.8, 4) is 11.1 Å². The van der Waals surface area contributed by atoms with Crippen molar-refractivity contribution in [2.45, 2.75) is 31.6 Å². The van der Waals surface area contributed by atoms with Crippen LogP contribution in [0.4, 0.5) is 13.2 Å². The minimum Gasteiger partial charge on any atom is -0.498 e. The average Bonchev–Trinajstić information content (AvgIpc) is 2.81. The Hall–Kier alpha value is -3.01. The van der Waals surface area contributed by atoms with Crippen LogP contribution in [0.25, 0.3) is 22.3 Å². The lowest BCUT2D eigenvalue weighted by Gasteiger charge is -2.22. The molecule has 0 N–H and O–H groups in total. The molecule has 160 valence electrons. The number of halogens is 3. The summed E-state index contributed by atoms with van der Waals surface area (Å²) >= 11 is 0. The van der Waals surface area contributed by atoms with E-state index in [4.69, 9.17) is 4.74 Å². The molecule has 0 amide bonds. The molecule has 2 aliphatic rings. The van der Waals surface area contributed by atoms with E-state index in [1.807, 2.05) is 18.2 Å². The predicted molar refractivity (Wildman–Crippen MR) is 120 cm³/mol. The minimum absolute atomic E-state index is 0.0171. The lowest BCUT2D eigenvalue weighted by molar-refractivity contribution is 0.152. The van der Waals surface area contributed by atoms with Crippen molar-refractivity contribution in [1.82, 2.24) is 0 Å². The van der Waals surface area contributed by atoms with Gasteiger partial charge in [0, 0.05) is 5.56 Å². The fourth-order valence-corrected chi connectivity index (χ4v) is 4.22. The van der Waals surface area contributed by atoms with E-state index in [1.54, 1.807) is 24.3 Å². The molecule has 4 rings (SSSR count). The normalized spacial score (nSPS) is 23.5. The Morgan fingerprint density at radius 3 is 2.29 bits per heavy atom. The van der Waals surface area contributed by atoms with Crippen LogP contribution in [0.2, 0.25) is 0 Å². The van der Waals surface area contributed by atoms with Gasteiger partial charge in [0.15, 0.2) is 12.3 Å². The number of allylic oxidation sites excluding steroid dienone is 7. The van der Waals surface area contributed by atoms with Crippen LogP contribution in [0, 0.1) is 11.7 Å². The number of benzene rings is 2. The number of alkyl halides is 2. The molecule has 3 atom stereocenters. The van der Waals surface area contributed by atoms with Gasteiger partial charge in [-0.3, -0.25) is 0 Å². The van der Waals surface area contributed by atoms with E-state index in [-0.39, 0.29) is 17.1 Å². The first-order chi connectivity index (χ1) is 15.0. The van der Waals surface area contributed by atoms with Gasteiger partial charge in [-0.15, -0.1) is 6.58 Å². The first-order valence-corrected chi connectivity index (χ1v) is 10.5. The summed E-state index contributed by atoms with van der Waals surface area (Å²) in [6, 6.07) is 12.3. The summed E-state index contributed by atoms with van der Waals surface area (Å²) < 4.78 is 48.3. The number of rotatable bonds is 5. The van der Waals surface area contributed by atoms with E-state index in [0.29, 0.717) is 17.0 Å². The zero-order chi connectivity index (χ0) is 22.0. The molecule has 2 aliphatic carbocycles. The maximum absolute atomic E-state index is 14.9. The minimum atomic E-state index is -1.82. The van der Waals surface area contributed by atoms with Crippen LogP contribution in [0.5, 0.6) is 0 Å². The average molecular weight is 422 g/mol. The van der Waals surface area contributed by atoms with Gasteiger partial charge in [0.1, 0.15) is 11.6 Å². The molecule has 0 heterocycles. The molecule has 4 heteroatoms. The van der Waals surface area contributed by atoms with Crippen LogP contribution in [0.1, 0.15) is 30.4 Å². The fourth-order valence-electron chi connectivity index (χ4n) is 4.22. The summed E-state index contributed by atoms with van der Waals surface area (Å²) in [4.78, 5) is 0. The van der Waals surface area contributed by atoms with Gasteiger partial charge in [-0.05, 0) is 65.2 Å². The van der Waals surface area contributed by atoms with Crippen molar-refractivity contribution in [1.29, 1.82) is 0 Å². The summed E-state index contributed by atoms with van der Waals surface area (Å²) in [5.41, 5.74) is 4.10. The molecule has 0 spiro atoms. The molecule has 0 saturated carbocycles. The summed E-state index contributed by atoms with van der Waals surface area (Å²) in [6.45, 7) is 3.84. The Bertz CT molecular complexity index is 1060. The number of hydrogen-bond donors (Lipinski definition) is 0. The van der Waals surface area contributed by atoms with Crippen LogP contribution < -0.4 is 0 Å². The highest BCUT2D eigenvalue weighted by molar-refractivity contribution is 5.76. The summed E-state index contributed by atoms with van der Waals surface area (Å²) in [7, 11) is 1.33. The van der Waals surface area contributed by atoms with E-state index in [0.717, 1.165) is 36.0 Å². The zero-order valence-corrected chi connectivity index (χ0v) is 17.5. The molecule has 3 unspecified atom stereocenters. The third-order valence-electron chi connectivity index (χ3n) is 6.14. The van der Waals surface area contributed by atoms with Gasteiger partial charge in [0.25, 0.3) is 0 Å². The third kappa shape index (κ3) is 4.25. The van der Waals surface area contributed by atoms with E-state index < -0.39 is 12.3 Å². The van der Waals surface area contributed by atoms with Gasteiger partial charge in [-0.1, -0.05) is 54.6 Å². The van der Waals surface area contributed by atoms with Crippen LogP contribution in [-0.2, 0) is 4.74 Å². The number of methoxy groups -OCH3 is 1. The molecular formula is C27H25F3O. The highest BCUT2D eigenvalue weighted by Crippen LogP contribution is 2.35. The smallest absolute Gasteiger partial charge is 0.192 e. The van der Waals surface area contributed by atoms with Crippen LogP contribution >= 0.6 is 0 Å². The molecular weight excluding hydrogens is 397 g/mol. The van der Waals surface area contributed by atoms with E-state index in [2.05, 4.69) is 12.7 Å². The van der Waals surface area contributed by atoms with Gasteiger partial charge >= 0.3 is 0 Å². The summed E-state index contributed by atoms with van der Waals surface area (Å²) in [5.74, 6) is 0.203. The van der Waals surface area contributed by atoms with Gasteiger partial charge in [-0.2, -0.15) is 0 Å². The highest BCUT2D eigenvalue weighted by atomic mass is 19.2. The second-order valence-electron chi connectivity index (χ2n) is 7.97. The lowest BCUT2D eigenvalue weighted by atomic mass is 9.86. The number of ether oxygens (including phenoxy) is 1. The first kappa shape index (κ1) is 21.2. The maximum Gasteiger partial charge on any atom is 0.192 e. The molecule has 0 aliphatic heterocycles. The van der Waals surface area contributed by atoms with Crippen molar-refractivity contribution in [3.05, 3.63) is 96.1 Å². The van der Waals surface area contributed by atoms with Crippen molar-refractivity contribution in [2.75, 3.05) is 7.11 Å². The van der Waals surface area contributed by atoms with Crippen molar-refractivity contribution >= 4 is 11.1 Å². The Kier molecular flexibility index (Phi) is 6.17. The second kappa shape index (κ2) is 9.01. The van der Waals surface area contributed by atoms with E-state index in [9.17, 15) is 13.2 Å². The Morgan fingerprint density at radius 1 is 0.968 bits per heavy atom. The quantitative estimate of drug-likeness (QED) is 0.454. The largest absolute Gasteiger partial charge is 0.498 e. The third-order valence-corrected chi connectivity index (χ3v) is 6.14. The maximum atomic E-state index is 14.9. The van der Waals surface area contributed by atoms with E-state index >= 15 is 0 Å². The Labute approximate surface area is 181 Å². The summed E-state index contributed by atoms with van der Waals surface area (Å²) in [5, 5.41) is 0. The van der Waals surface area contributed by atoms with Gasteiger partial charge in [0.2, 0.25) is 0 Å². The SMILES string of the molecule is C=CC1CC=C(c2ccc(-c3ccc(C4=CC=C(OC)C(F)C4F)cc3)cc2F)CC1. The van der Waals surface area contributed by atoms with Crippen LogP contribution in [-0.4, -0.2) is 19.5 Å². The topological polar surface area (TPSA) is 9.23 Å². The molecule has 31 heavy (non-hydrogen) atoms. The second-order valence-corrected chi connectivity index (χ2v) is 7.97. The standard InChI is InChI=1S/C27H25F3O/c1-3-17-4-6-19(7-5-17)22-13-12-21(16-24(22)28)18-8-10-20(11-9-18)23-14-15-25(31-2)27(30)26(23)29/h3,6,8-17,26-27H,1,4-5,7H2,2H3. The lowest BCUT2D eigenvalue weighted by Crippen LogP contribution is -2.24.